The average molecular weight is 332 g/mol. The molecular weight excluding hydrogens is 302 g/mol. The van der Waals surface area contributed by atoms with Gasteiger partial charge in [0, 0.05) is 19.5 Å². The summed E-state index contributed by atoms with van der Waals surface area (Å²) in [5.74, 6) is 0.772. The first-order valence-electron chi connectivity index (χ1n) is 8.40. The molecule has 2 aliphatic rings. The highest BCUT2D eigenvalue weighted by atomic mass is 35.5. The molecule has 0 aromatic heterocycles. The van der Waals surface area contributed by atoms with Gasteiger partial charge in [-0.2, -0.15) is 0 Å². The van der Waals surface area contributed by atoms with Gasteiger partial charge in [0.25, 0.3) is 0 Å². The number of piperidine rings is 1. The second-order valence-corrected chi connectivity index (χ2v) is 6.45. The van der Waals surface area contributed by atoms with Gasteiger partial charge in [-0.1, -0.05) is 25.7 Å². The molecule has 128 valence electrons. The fraction of sp³-hybridized carbons (Fsp3) is 0.875. The molecule has 5 nitrogen and oxygen atoms in total. The van der Waals surface area contributed by atoms with Crippen molar-refractivity contribution < 1.29 is 9.59 Å². The van der Waals surface area contributed by atoms with E-state index >= 15 is 0 Å². The first-order valence-corrected chi connectivity index (χ1v) is 8.40. The van der Waals surface area contributed by atoms with Crippen LogP contribution in [0.3, 0.4) is 0 Å². The Morgan fingerprint density at radius 2 is 1.77 bits per heavy atom. The summed E-state index contributed by atoms with van der Waals surface area (Å²) < 4.78 is 0. The molecule has 6 heteroatoms. The van der Waals surface area contributed by atoms with Crippen molar-refractivity contribution in [2.24, 2.45) is 5.92 Å². The molecule has 2 amide bonds. The predicted molar refractivity (Wildman–Crippen MR) is 90.1 cm³/mol. The highest BCUT2D eigenvalue weighted by Crippen LogP contribution is 2.28. The monoisotopic (exact) mass is 331 g/mol. The number of rotatable bonds is 6. The molecule has 1 aliphatic heterocycles. The summed E-state index contributed by atoms with van der Waals surface area (Å²) >= 11 is 0. The van der Waals surface area contributed by atoms with Crippen LogP contribution in [0.5, 0.6) is 0 Å². The quantitative estimate of drug-likeness (QED) is 0.779. The van der Waals surface area contributed by atoms with Crippen LogP contribution in [-0.2, 0) is 9.59 Å². The molecule has 0 aromatic rings. The molecule has 1 heterocycles. The van der Waals surface area contributed by atoms with Gasteiger partial charge in [-0.15, -0.1) is 12.4 Å². The van der Waals surface area contributed by atoms with Crippen LogP contribution in [0, 0.1) is 5.92 Å². The summed E-state index contributed by atoms with van der Waals surface area (Å²) in [6, 6.07) is 0.314. The molecular formula is C16H30ClN3O2. The molecule has 0 radical (unpaired) electrons. The third-order valence-electron chi connectivity index (χ3n) is 4.94. The SMILES string of the molecule is CN(C(=O)CNC(=O)CCC1CCCC1)C1CCNCC1.Cl. The summed E-state index contributed by atoms with van der Waals surface area (Å²) in [4.78, 5) is 25.7. The topological polar surface area (TPSA) is 61.4 Å². The number of halogens is 1. The number of amides is 2. The highest BCUT2D eigenvalue weighted by Gasteiger charge is 2.22. The van der Waals surface area contributed by atoms with Gasteiger partial charge >= 0.3 is 0 Å². The van der Waals surface area contributed by atoms with E-state index in [9.17, 15) is 9.59 Å². The smallest absolute Gasteiger partial charge is 0.241 e. The lowest BCUT2D eigenvalue weighted by Crippen LogP contribution is -2.47. The van der Waals surface area contributed by atoms with E-state index in [1.807, 2.05) is 7.05 Å². The van der Waals surface area contributed by atoms with Crippen LogP contribution in [0.2, 0.25) is 0 Å². The predicted octanol–water partition coefficient (Wildman–Crippen LogP) is 1.71. The van der Waals surface area contributed by atoms with Gasteiger partial charge in [-0.3, -0.25) is 9.59 Å². The average Bonchev–Trinajstić information content (AvgIpc) is 3.04. The summed E-state index contributed by atoms with van der Waals surface area (Å²) in [7, 11) is 1.85. The number of nitrogens with zero attached hydrogens (tertiary/aromatic N) is 1. The number of nitrogens with one attached hydrogen (secondary N) is 2. The van der Waals surface area contributed by atoms with E-state index in [1.165, 1.54) is 25.7 Å². The van der Waals surface area contributed by atoms with Gasteiger partial charge in [0.1, 0.15) is 0 Å². The van der Waals surface area contributed by atoms with Gasteiger partial charge < -0.3 is 15.5 Å². The molecule has 2 N–H and O–H groups in total. The van der Waals surface area contributed by atoms with Gasteiger partial charge in [0.2, 0.25) is 11.8 Å². The Balaban J connectivity index is 0.00000242. The zero-order valence-electron chi connectivity index (χ0n) is 13.6. The Hall–Kier alpha value is -0.810. The maximum absolute atomic E-state index is 12.1. The Kier molecular flexibility index (Phi) is 8.79. The van der Waals surface area contributed by atoms with Crippen molar-refractivity contribution in [2.75, 3.05) is 26.7 Å². The van der Waals surface area contributed by atoms with Crippen LogP contribution in [0.15, 0.2) is 0 Å². The number of likely N-dealkylation sites (N-methyl/N-ethyl adjacent to an activating group) is 1. The number of carbonyl (C=O) groups excluding carboxylic acids is 2. The van der Waals surface area contributed by atoms with Gasteiger partial charge in [0.15, 0.2) is 0 Å². The highest BCUT2D eigenvalue weighted by molar-refractivity contribution is 5.85. The van der Waals surface area contributed by atoms with Crippen molar-refractivity contribution in [3.8, 4) is 0 Å². The van der Waals surface area contributed by atoms with Crippen molar-refractivity contribution >= 4 is 24.2 Å². The standard InChI is InChI=1S/C16H29N3O2.ClH/c1-19(14-8-10-17-11-9-14)16(21)12-18-15(20)7-6-13-4-2-3-5-13;/h13-14,17H,2-12H2,1H3,(H,18,20);1H. The van der Waals surface area contributed by atoms with Crippen LogP contribution < -0.4 is 10.6 Å². The van der Waals surface area contributed by atoms with Gasteiger partial charge in [-0.05, 0) is 38.3 Å². The Labute approximate surface area is 140 Å². The molecule has 1 aliphatic carbocycles. The lowest BCUT2D eigenvalue weighted by Gasteiger charge is -2.31. The van der Waals surface area contributed by atoms with Crippen LogP contribution >= 0.6 is 12.4 Å². The zero-order chi connectivity index (χ0) is 15.1. The Morgan fingerprint density at radius 1 is 1.14 bits per heavy atom. The second-order valence-electron chi connectivity index (χ2n) is 6.45. The molecule has 2 fully saturated rings. The minimum Gasteiger partial charge on any atom is -0.347 e. The first kappa shape index (κ1) is 19.2. The fourth-order valence-electron chi connectivity index (χ4n) is 3.42. The van der Waals surface area contributed by atoms with Crippen LogP contribution in [-0.4, -0.2) is 49.4 Å². The normalized spacial score (nSPS) is 19.5. The van der Waals surface area contributed by atoms with Crippen molar-refractivity contribution in [3.63, 3.8) is 0 Å². The molecule has 0 atom stereocenters. The third kappa shape index (κ3) is 6.13. The minimum absolute atomic E-state index is 0. The molecule has 1 saturated heterocycles. The van der Waals surface area contributed by atoms with Gasteiger partial charge in [-0.25, -0.2) is 0 Å². The molecule has 0 aromatic carbocycles. The summed E-state index contributed by atoms with van der Waals surface area (Å²) in [5, 5.41) is 6.08. The van der Waals surface area contributed by atoms with Crippen LogP contribution in [0.25, 0.3) is 0 Å². The van der Waals surface area contributed by atoms with Crippen LogP contribution in [0.4, 0.5) is 0 Å². The van der Waals surface area contributed by atoms with Crippen molar-refractivity contribution in [1.29, 1.82) is 0 Å². The molecule has 0 spiro atoms. The van der Waals surface area contributed by atoms with E-state index in [1.54, 1.807) is 4.90 Å². The molecule has 1 saturated carbocycles. The lowest BCUT2D eigenvalue weighted by molar-refractivity contribution is -0.134. The molecule has 0 bridgehead atoms. The van der Waals surface area contributed by atoms with Crippen molar-refractivity contribution in [1.82, 2.24) is 15.5 Å². The lowest BCUT2D eigenvalue weighted by atomic mass is 10.0. The van der Waals surface area contributed by atoms with E-state index < -0.39 is 0 Å². The number of hydrogen-bond donors (Lipinski definition) is 2. The molecule has 2 rings (SSSR count). The number of carbonyl (C=O) groups is 2. The van der Waals surface area contributed by atoms with E-state index in [0.29, 0.717) is 12.5 Å². The molecule has 22 heavy (non-hydrogen) atoms. The summed E-state index contributed by atoms with van der Waals surface area (Å²) in [5.41, 5.74) is 0. The number of hydrogen-bond acceptors (Lipinski definition) is 3. The van der Waals surface area contributed by atoms with E-state index in [0.717, 1.165) is 38.3 Å². The fourth-order valence-corrected chi connectivity index (χ4v) is 3.42. The largest absolute Gasteiger partial charge is 0.347 e. The third-order valence-corrected chi connectivity index (χ3v) is 4.94. The van der Waals surface area contributed by atoms with E-state index in [-0.39, 0.29) is 30.8 Å². The zero-order valence-corrected chi connectivity index (χ0v) is 14.4. The van der Waals surface area contributed by atoms with E-state index in [4.69, 9.17) is 0 Å². The second kappa shape index (κ2) is 10.1. The molecule has 0 unspecified atom stereocenters. The van der Waals surface area contributed by atoms with Crippen molar-refractivity contribution in [3.05, 3.63) is 0 Å². The maximum atomic E-state index is 12.1. The first-order chi connectivity index (χ1) is 10.2. The minimum atomic E-state index is 0. The van der Waals surface area contributed by atoms with Crippen LogP contribution in [0.1, 0.15) is 51.4 Å². The maximum Gasteiger partial charge on any atom is 0.241 e. The van der Waals surface area contributed by atoms with E-state index in [2.05, 4.69) is 10.6 Å². The summed E-state index contributed by atoms with van der Waals surface area (Å²) in [6.45, 7) is 2.08. The van der Waals surface area contributed by atoms with Gasteiger partial charge in [0.05, 0.1) is 6.54 Å². The van der Waals surface area contributed by atoms with Crippen molar-refractivity contribution in [2.45, 2.75) is 57.4 Å². The Morgan fingerprint density at radius 3 is 2.41 bits per heavy atom. The Bertz CT molecular complexity index is 353. The summed E-state index contributed by atoms with van der Waals surface area (Å²) in [6.07, 6.45) is 8.70.